The predicted octanol–water partition coefficient (Wildman–Crippen LogP) is 5.82. The number of unbranched alkanes of at least 4 members (excludes halogenated alkanes) is 1. The van der Waals surface area contributed by atoms with Crippen molar-refractivity contribution >= 4 is 0 Å². The third-order valence-electron chi connectivity index (χ3n) is 5.78. The smallest absolute Gasteiger partial charge is 0.164 e. The highest BCUT2D eigenvalue weighted by molar-refractivity contribution is 5.67. The van der Waals surface area contributed by atoms with E-state index in [1.165, 1.54) is 0 Å². The number of ether oxygens (including phenoxy) is 3. The van der Waals surface area contributed by atoms with Gasteiger partial charge in [-0.15, -0.1) is 0 Å². The summed E-state index contributed by atoms with van der Waals surface area (Å²) in [6.07, 6.45) is 2.30. The molecule has 0 saturated carbocycles. The van der Waals surface area contributed by atoms with Gasteiger partial charge in [-0.25, -0.2) is 15.0 Å². The third-order valence-corrected chi connectivity index (χ3v) is 5.78. The molecule has 1 N–H and O–H groups in total. The lowest BCUT2D eigenvalue weighted by Crippen LogP contribution is -2.17. The van der Waals surface area contributed by atoms with E-state index in [2.05, 4.69) is 6.92 Å². The van der Waals surface area contributed by atoms with Gasteiger partial charge in [-0.1, -0.05) is 19.8 Å². The molecule has 0 saturated heterocycles. The highest BCUT2D eigenvalue weighted by Gasteiger charge is 2.13. The summed E-state index contributed by atoms with van der Waals surface area (Å²) in [6, 6.07) is 22.8. The van der Waals surface area contributed by atoms with Crippen LogP contribution in [0.4, 0.5) is 0 Å². The number of aromatic nitrogens is 3. The van der Waals surface area contributed by atoms with E-state index in [1.807, 2.05) is 72.8 Å². The zero-order chi connectivity index (χ0) is 25.3. The molecule has 0 radical (unpaired) electrons. The Balaban J connectivity index is 1.64. The van der Waals surface area contributed by atoms with Gasteiger partial charge in [0.1, 0.15) is 23.9 Å². The van der Waals surface area contributed by atoms with E-state index in [0.29, 0.717) is 23.2 Å². The average molecular weight is 486 g/mol. The van der Waals surface area contributed by atoms with E-state index in [0.717, 1.165) is 47.5 Å². The molecular formula is C29H31N3O4. The first-order chi connectivity index (χ1) is 17.6. The minimum atomic E-state index is -0.465. The number of aliphatic hydroxyl groups excluding tert-OH is 1. The second-order valence-electron chi connectivity index (χ2n) is 8.39. The lowest BCUT2D eigenvalue weighted by Gasteiger charge is -2.12. The van der Waals surface area contributed by atoms with Crippen LogP contribution in [-0.4, -0.2) is 47.0 Å². The van der Waals surface area contributed by atoms with Crippen LogP contribution in [0.15, 0.2) is 72.8 Å². The molecule has 0 amide bonds. The predicted molar refractivity (Wildman–Crippen MR) is 140 cm³/mol. The number of benzene rings is 3. The van der Waals surface area contributed by atoms with E-state index in [-0.39, 0.29) is 6.61 Å². The molecule has 0 spiro atoms. The summed E-state index contributed by atoms with van der Waals surface area (Å²) in [6.45, 7) is 2.38. The van der Waals surface area contributed by atoms with Crippen LogP contribution in [0, 0.1) is 0 Å². The van der Waals surface area contributed by atoms with Gasteiger partial charge in [-0.2, -0.15) is 0 Å². The Morgan fingerprint density at radius 1 is 0.639 bits per heavy atom. The molecule has 186 valence electrons. The molecule has 0 bridgehead atoms. The van der Waals surface area contributed by atoms with Crippen molar-refractivity contribution in [2.45, 2.75) is 32.3 Å². The Morgan fingerprint density at radius 2 is 1.03 bits per heavy atom. The van der Waals surface area contributed by atoms with Crippen LogP contribution < -0.4 is 14.2 Å². The van der Waals surface area contributed by atoms with Gasteiger partial charge in [0.05, 0.1) is 20.3 Å². The Labute approximate surface area is 211 Å². The minimum absolute atomic E-state index is 0.272. The van der Waals surface area contributed by atoms with Crippen LogP contribution in [0.25, 0.3) is 34.2 Å². The van der Waals surface area contributed by atoms with Crippen LogP contribution in [0.2, 0.25) is 0 Å². The molecule has 7 heteroatoms. The van der Waals surface area contributed by atoms with Crippen molar-refractivity contribution in [1.82, 2.24) is 15.0 Å². The van der Waals surface area contributed by atoms with Gasteiger partial charge >= 0.3 is 0 Å². The van der Waals surface area contributed by atoms with Gasteiger partial charge in [0.15, 0.2) is 17.5 Å². The topological polar surface area (TPSA) is 86.6 Å². The van der Waals surface area contributed by atoms with Crippen molar-refractivity contribution in [2.24, 2.45) is 0 Å². The molecule has 1 aromatic heterocycles. The molecule has 7 nitrogen and oxygen atoms in total. The molecule has 1 unspecified atom stereocenters. The molecule has 0 aliphatic carbocycles. The van der Waals surface area contributed by atoms with Crippen LogP contribution in [0.5, 0.6) is 17.2 Å². The van der Waals surface area contributed by atoms with Crippen molar-refractivity contribution in [3.8, 4) is 51.4 Å². The number of methoxy groups -OCH3 is 2. The highest BCUT2D eigenvalue weighted by atomic mass is 16.5. The summed E-state index contributed by atoms with van der Waals surface area (Å²) in [5.41, 5.74) is 2.55. The van der Waals surface area contributed by atoms with Crippen LogP contribution in [0.1, 0.15) is 26.2 Å². The molecule has 4 aromatic rings. The fraction of sp³-hybridized carbons (Fsp3) is 0.276. The minimum Gasteiger partial charge on any atom is -0.497 e. The lowest BCUT2D eigenvalue weighted by atomic mass is 10.1. The standard InChI is InChI=1S/C29H31N3O4/c1-4-5-6-23(33)19-36-26-17-11-22(12-18-26)29-31-27(20-7-13-24(34-2)14-8-20)30-28(32-29)21-9-15-25(35-3)16-10-21/h7-18,23,33H,4-6,19H2,1-3H3. The Bertz CT molecular complexity index is 1180. The van der Waals surface area contributed by atoms with Crippen molar-refractivity contribution in [1.29, 1.82) is 0 Å². The quantitative estimate of drug-likeness (QED) is 0.286. The van der Waals surface area contributed by atoms with E-state index in [9.17, 15) is 5.11 Å². The summed E-state index contributed by atoms with van der Waals surface area (Å²) in [5.74, 6) is 3.89. The van der Waals surface area contributed by atoms with Gasteiger partial charge in [-0.3, -0.25) is 0 Å². The van der Waals surface area contributed by atoms with E-state index >= 15 is 0 Å². The largest absolute Gasteiger partial charge is 0.497 e. The molecule has 36 heavy (non-hydrogen) atoms. The molecule has 0 aliphatic heterocycles. The monoisotopic (exact) mass is 485 g/mol. The fourth-order valence-electron chi connectivity index (χ4n) is 3.66. The van der Waals surface area contributed by atoms with Crippen LogP contribution in [-0.2, 0) is 0 Å². The zero-order valence-corrected chi connectivity index (χ0v) is 20.8. The fourth-order valence-corrected chi connectivity index (χ4v) is 3.66. The maximum Gasteiger partial charge on any atom is 0.164 e. The second kappa shape index (κ2) is 12.1. The molecular weight excluding hydrogens is 454 g/mol. The maximum atomic E-state index is 10.0. The van der Waals surface area contributed by atoms with Gasteiger partial charge in [0.25, 0.3) is 0 Å². The van der Waals surface area contributed by atoms with Gasteiger partial charge < -0.3 is 19.3 Å². The summed E-state index contributed by atoms with van der Waals surface area (Å²) in [5, 5.41) is 10.0. The summed E-state index contributed by atoms with van der Waals surface area (Å²) >= 11 is 0. The maximum absolute atomic E-state index is 10.0. The molecule has 0 aliphatic rings. The first-order valence-corrected chi connectivity index (χ1v) is 12.1. The number of rotatable bonds is 11. The number of hydrogen-bond acceptors (Lipinski definition) is 7. The molecule has 3 aromatic carbocycles. The Hall–Kier alpha value is -3.97. The molecule has 1 atom stereocenters. The Morgan fingerprint density at radius 3 is 1.39 bits per heavy atom. The normalized spacial score (nSPS) is 11.7. The lowest BCUT2D eigenvalue weighted by molar-refractivity contribution is 0.0980. The second-order valence-corrected chi connectivity index (χ2v) is 8.39. The van der Waals surface area contributed by atoms with Crippen LogP contribution in [0.3, 0.4) is 0 Å². The first kappa shape index (κ1) is 25.1. The van der Waals surface area contributed by atoms with Gasteiger partial charge in [0, 0.05) is 16.7 Å². The van der Waals surface area contributed by atoms with E-state index in [1.54, 1.807) is 14.2 Å². The van der Waals surface area contributed by atoms with Crippen molar-refractivity contribution in [3.63, 3.8) is 0 Å². The number of hydrogen-bond donors (Lipinski definition) is 1. The van der Waals surface area contributed by atoms with E-state index < -0.39 is 6.10 Å². The SMILES string of the molecule is CCCCC(O)COc1ccc(-c2nc(-c3ccc(OC)cc3)nc(-c3ccc(OC)cc3)n2)cc1. The van der Waals surface area contributed by atoms with Crippen molar-refractivity contribution in [3.05, 3.63) is 72.8 Å². The molecule has 0 fully saturated rings. The summed E-state index contributed by atoms with van der Waals surface area (Å²) in [4.78, 5) is 14.3. The molecule has 4 rings (SSSR count). The van der Waals surface area contributed by atoms with Crippen LogP contribution >= 0.6 is 0 Å². The van der Waals surface area contributed by atoms with Crippen molar-refractivity contribution in [2.75, 3.05) is 20.8 Å². The summed E-state index contributed by atoms with van der Waals surface area (Å²) < 4.78 is 16.3. The zero-order valence-electron chi connectivity index (χ0n) is 20.8. The summed E-state index contributed by atoms with van der Waals surface area (Å²) in [7, 11) is 3.27. The first-order valence-electron chi connectivity index (χ1n) is 12.1. The average Bonchev–Trinajstić information content (AvgIpc) is 2.95. The van der Waals surface area contributed by atoms with Gasteiger partial charge in [-0.05, 0) is 79.2 Å². The van der Waals surface area contributed by atoms with E-state index in [4.69, 9.17) is 29.2 Å². The Kier molecular flexibility index (Phi) is 8.47. The van der Waals surface area contributed by atoms with Gasteiger partial charge in [0.2, 0.25) is 0 Å². The number of aliphatic hydroxyl groups is 1. The number of nitrogens with zero attached hydrogens (tertiary/aromatic N) is 3. The highest BCUT2D eigenvalue weighted by Crippen LogP contribution is 2.27. The molecule has 1 heterocycles. The third kappa shape index (κ3) is 6.37. The van der Waals surface area contributed by atoms with Crippen molar-refractivity contribution < 1.29 is 19.3 Å².